The molecule has 3 saturated heterocycles. The van der Waals surface area contributed by atoms with E-state index in [1.807, 2.05) is 11.8 Å². The number of ether oxygens (including phenoxy) is 3. The van der Waals surface area contributed by atoms with Crippen LogP contribution in [0.5, 0.6) is 0 Å². The molecule has 0 bridgehead atoms. The first kappa shape index (κ1) is 14.6. The fourth-order valence-corrected chi connectivity index (χ4v) is 4.92. The molecule has 20 heavy (non-hydrogen) atoms. The van der Waals surface area contributed by atoms with E-state index in [1.165, 1.54) is 12.9 Å². The number of thioether (sulfide) groups is 1. The fraction of sp³-hybridized carbons (Fsp3) is 0.929. The highest BCUT2D eigenvalue weighted by molar-refractivity contribution is 7.99. The number of carbonyl (C=O) groups excluding carboxylic acids is 1. The third-order valence-corrected chi connectivity index (χ3v) is 5.87. The van der Waals surface area contributed by atoms with Gasteiger partial charge >= 0.3 is 5.97 Å². The second-order valence-corrected chi connectivity index (χ2v) is 6.94. The molecule has 0 amide bonds. The Morgan fingerprint density at radius 2 is 2.35 bits per heavy atom. The standard InChI is InChI=1S/C14H23NO4S/c1-17-13(16)12-9-18-6-4-15(12)11-2-5-19-14(8-11)3-7-20-10-14/h11-12H,2-10H2,1H3. The van der Waals surface area contributed by atoms with Crippen LogP contribution in [0.1, 0.15) is 19.3 Å². The molecule has 0 aromatic carbocycles. The van der Waals surface area contributed by atoms with Crippen molar-refractivity contribution in [3.05, 3.63) is 0 Å². The number of nitrogens with zero attached hydrogens (tertiary/aromatic N) is 1. The first-order valence-corrected chi connectivity index (χ1v) is 8.53. The Morgan fingerprint density at radius 3 is 3.10 bits per heavy atom. The molecule has 0 saturated carbocycles. The first-order chi connectivity index (χ1) is 9.74. The summed E-state index contributed by atoms with van der Waals surface area (Å²) in [5.41, 5.74) is 0.0482. The highest BCUT2D eigenvalue weighted by Gasteiger charge is 2.44. The van der Waals surface area contributed by atoms with Crippen molar-refractivity contribution >= 4 is 17.7 Å². The van der Waals surface area contributed by atoms with Crippen LogP contribution < -0.4 is 0 Å². The van der Waals surface area contributed by atoms with Crippen LogP contribution in [0, 0.1) is 0 Å². The molecule has 0 aliphatic carbocycles. The van der Waals surface area contributed by atoms with Crippen LogP contribution in [0.4, 0.5) is 0 Å². The zero-order chi connectivity index (χ0) is 14.0. The van der Waals surface area contributed by atoms with E-state index in [2.05, 4.69) is 4.90 Å². The molecule has 3 unspecified atom stereocenters. The minimum atomic E-state index is -0.247. The zero-order valence-corrected chi connectivity index (χ0v) is 12.8. The molecule has 3 aliphatic rings. The Morgan fingerprint density at radius 1 is 1.45 bits per heavy atom. The molecular formula is C14H23NO4S. The predicted octanol–water partition coefficient (Wildman–Crippen LogP) is 0.915. The first-order valence-electron chi connectivity index (χ1n) is 7.37. The number of esters is 1. The van der Waals surface area contributed by atoms with Gasteiger partial charge in [-0.25, -0.2) is 0 Å². The summed E-state index contributed by atoms with van der Waals surface area (Å²) >= 11 is 1.98. The van der Waals surface area contributed by atoms with Crippen molar-refractivity contribution in [3.63, 3.8) is 0 Å². The van der Waals surface area contributed by atoms with E-state index in [9.17, 15) is 4.79 Å². The lowest BCUT2D eigenvalue weighted by Gasteiger charge is -2.46. The molecule has 114 valence electrons. The second kappa shape index (κ2) is 6.22. The van der Waals surface area contributed by atoms with Crippen LogP contribution in [-0.4, -0.2) is 73.5 Å². The lowest BCUT2D eigenvalue weighted by molar-refractivity contribution is -0.161. The van der Waals surface area contributed by atoms with Gasteiger partial charge in [-0.3, -0.25) is 9.69 Å². The lowest BCUT2D eigenvalue weighted by Crippen LogP contribution is -2.58. The summed E-state index contributed by atoms with van der Waals surface area (Å²) in [5.74, 6) is 2.11. The molecule has 6 heteroatoms. The Hall–Kier alpha value is -0.300. The second-order valence-electron chi connectivity index (χ2n) is 5.83. The molecule has 3 atom stereocenters. The summed E-state index contributed by atoms with van der Waals surface area (Å²) in [7, 11) is 1.45. The molecule has 0 N–H and O–H groups in total. The van der Waals surface area contributed by atoms with Gasteiger partial charge in [0, 0.05) is 24.9 Å². The van der Waals surface area contributed by atoms with Gasteiger partial charge in [-0.15, -0.1) is 0 Å². The van der Waals surface area contributed by atoms with Crippen LogP contribution in [0.25, 0.3) is 0 Å². The summed E-state index contributed by atoms with van der Waals surface area (Å²) in [6.07, 6.45) is 3.18. The van der Waals surface area contributed by atoms with Gasteiger partial charge in [-0.05, 0) is 25.0 Å². The normalized spacial score (nSPS) is 39.0. The number of morpholine rings is 1. The van der Waals surface area contributed by atoms with Crippen LogP contribution in [0.15, 0.2) is 0 Å². The maximum Gasteiger partial charge on any atom is 0.325 e. The van der Waals surface area contributed by atoms with E-state index in [0.717, 1.165) is 38.2 Å². The van der Waals surface area contributed by atoms with Gasteiger partial charge in [0.25, 0.3) is 0 Å². The monoisotopic (exact) mass is 301 g/mol. The topological polar surface area (TPSA) is 48.0 Å². The smallest absolute Gasteiger partial charge is 0.325 e. The molecule has 0 aromatic heterocycles. The predicted molar refractivity (Wildman–Crippen MR) is 77.0 cm³/mol. The Balaban J connectivity index is 1.70. The highest BCUT2D eigenvalue weighted by atomic mass is 32.2. The minimum Gasteiger partial charge on any atom is -0.468 e. The van der Waals surface area contributed by atoms with Crippen molar-refractivity contribution in [2.24, 2.45) is 0 Å². The average Bonchev–Trinajstić information content (AvgIpc) is 2.94. The molecule has 3 aliphatic heterocycles. The summed E-state index contributed by atoms with van der Waals surface area (Å²) in [4.78, 5) is 14.2. The lowest BCUT2D eigenvalue weighted by atomic mass is 9.88. The van der Waals surface area contributed by atoms with Gasteiger partial charge in [-0.2, -0.15) is 11.8 Å². The quantitative estimate of drug-likeness (QED) is 0.707. The van der Waals surface area contributed by atoms with Gasteiger partial charge in [-0.1, -0.05) is 0 Å². The Kier molecular flexibility index (Phi) is 4.55. The fourth-order valence-electron chi connectivity index (χ4n) is 3.54. The van der Waals surface area contributed by atoms with Crippen molar-refractivity contribution in [1.82, 2.24) is 4.90 Å². The van der Waals surface area contributed by atoms with Crippen molar-refractivity contribution < 1.29 is 19.0 Å². The van der Waals surface area contributed by atoms with Gasteiger partial charge in [0.1, 0.15) is 6.04 Å². The average molecular weight is 301 g/mol. The molecule has 3 fully saturated rings. The van der Waals surface area contributed by atoms with Crippen LogP contribution in [0.2, 0.25) is 0 Å². The number of carbonyl (C=O) groups is 1. The molecule has 3 heterocycles. The third-order valence-electron chi connectivity index (χ3n) is 4.65. The summed E-state index contributed by atoms with van der Waals surface area (Å²) in [6.45, 7) is 2.77. The molecule has 0 aromatic rings. The van der Waals surface area contributed by atoms with E-state index in [4.69, 9.17) is 14.2 Å². The highest BCUT2D eigenvalue weighted by Crippen LogP contribution is 2.40. The maximum atomic E-state index is 12.0. The molecule has 5 nitrogen and oxygen atoms in total. The zero-order valence-electron chi connectivity index (χ0n) is 12.0. The van der Waals surface area contributed by atoms with Crippen molar-refractivity contribution in [1.29, 1.82) is 0 Å². The molecular weight excluding hydrogens is 278 g/mol. The van der Waals surface area contributed by atoms with E-state index in [-0.39, 0.29) is 17.6 Å². The largest absolute Gasteiger partial charge is 0.468 e. The molecule has 0 radical (unpaired) electrons. The van der Waals surface area contributed by atoms with Crippen molar-refractivity contribution in [3.8, 4) is 0 Å². The number of hydrogen-bond donors (Lipinski definition) is 0. The van der Waals surface area contributed by atoms with E-state index in [0.29, 0.717) is 19.3 Å². The molecule has 3 rings (SSSR count). The van der Waals surface area contributed by atoms with Crippen molar-refractivity contribution in [2.45, 2.75) is 36.9 Å². The summed E-state index contributed by atoms with van der Waals surface area (Å²) in [5, 5.41) is 0. The Labute approximate surface area is 124 Å². The van der Waals surface area contributed by atoms with Gasteiger partial charge in [0.15, 0.2) is 0 Å². The van der Waals surface area contributed by atoms with Crippen LogP contribution in [0.3, 0.4) is 0 Å². The number of hydrogen-bond acceptors (Lipinski definition) is 6. The minimum absolute atomic E-state index is 0.0482. The van der Waals surface area contributed by atoms with Crippen LogP contribution >= 0.6 is 11.8 Å². The summed E-state index contributed by atoms with van der Waals surface area (Å²) in [6, 6.07) is 0.165. The maximum absolute atomic E-state index is 12.0. The van der Waals surface area contributed by atoms with Gasteiger partial charge in [0.2, 0.25) is 0 Å². The van der Waals surface area contributed by atoms with E-state index in [1.54, 1.807) is 0 Å². The molecule has 1 spiro atoms. The van der Waals surface area contributed by atoms with Crippen molar-refractivity contribution in [2.75, 3.05) is 45.0 Å². The van der Waals surface area contributed by atoms with Crippen LogP contribution in [-0.2, 0) is 19.0 Å². The van der Waals surface area contributed by atoms with E-state index >= 15 is 0 Å². The van der Waals surface area contributed by atoms with E-state index < -0.39 is 0 Å². The number of methoxy groups -OCH3 is 1. The Bertz CT molecular complexity index is 359. The SMILES string of the molecule is COC(=O)C1COCCN1C1CCOC2(CCSC2)C1. The number of rotatable bonds is 2. The van der Waals surface area contributed by atoms with Gasteiger partial charge in [0.05, 0.1) is 25.9 Å². The third kappa shape index (κ3) is 2.84. The van der Waals surface area contributed by atoms with Gasteiger partial charge < -0.3 is 14.2 Å². The summed E-state index contributed by atoms with van der Waals surface area (Å²) < 4.78 is 16.5.